The number of carbonyl (C=O) groups excluding carboxylic acids is 1. The van der Waals surface area contributed by atoms with Gasteiger partial charge in [0.2, 0.25) is 0 Å². The number of Topliss-reactive ketones (excluding diaryl/α,β-unsaturated/α-hetero) is 1. The van der Waals surface area contributed by atoms with Crippen molar-refractivity contribution in [3.63, 3.8) is 0 Å². The molecule has 0 aromatic carbocycles. The van der Waals surface area contributed by atoms with Crippen LogP contribution in [0.3, 0.4) is 0 Å². The fraction of sp³-hybridized carbons (Fsp3) is 0.625. The Morgan fingerprint density at radius 2 is 2.17 bits per heavy atom. The molecule has 0 heterocycles. The molecule has 0 spiro atoms. The van der Waals surface area contributed by atoms with Crippen molar-refractivity contribution in [1.29, 1.82) is 10.5 Å². The lowest BCUT2D eigenvalue weighted by Gasteiger charge is -2.15. The van der Waals surface area contributed by atoms with Crippen molar-refractivity contribution >= 4 is 5.78 Å². The fourth-order valence-corrected chi connectivity index (χ4v) is 0.723. The van der Waals surface area contributed by atoms with Crippen LogP contribution in [0.2, 0.25) is 0 Å². The Kier molecular flexibility index (Phi) is 3.40. The molecule has 0 amide bonds. The third-order valence-electron chi connectivity index (χ3n) is 1.49. The Hall–Kier alpha value is -1.39. The lowest BCUT2D eigenvalue weighted by Crippen LogP contribution is -2.27. The van der Waals surface area contributed by atoms with Gasteiger partial charge in [-0.2, -0.15) is 10.5 Å². The van der Waals surface area contributed by atoms with E-state index in [1.807, 2.05) is 0 Å². The number of carbonyl (C=O) groups is 1. The minimum Gasteiger partial charge on any atom is -0.376 e. The van der Waals surface area contributed by atoms with Crippen LogP contribution in [0.4, 0.5) is 0 Å². The Morgan fingerprint density at radius 1 is 1.67 bits per heavy atom. The minimum atomic E-state index is -1.59. The summed E-state index contributed by atoms with van der Waals surface area (Å²) in [6.07, 6.45) is -0.130. The summed E-state index contributed by atoms with van der Waals surface area (Å²) in [5, 5.41) is 26.1. The van der Waals surface area contributed by atoms with Gasteiger partial charge in [-0.25, -0.2) is 0 Å². The van der Waals surface area contributed by atoms with E-state index < -0.39 is 11.5 Å². The predicted octanol–water partition coefficient (Wildman–Crippen LogP) is 0.380. The van der Waals surface area contributed by atoms with Crippen molar-refractivity contribution in [2.24, 2.45) is 5.92 Å². The quantitative estimate of drug-likeness (QED) is 0.614. The Morgan fingerprint density at radius 3 is 2.42 bits per heavy atom. The SMILES string of the molecule is CC(=O)C(C#N)CC(C)(O)C#N. The molecule has 0 aromatic rings. The second-order valence-corrected chi connectivity index (χ2v) is 2.88. The number of nitrogens with zero attached hydrogens (tertiary/aromatic N) is 2. The van der Waals surface area contributed by atoms with Crippen molar-refractivity contribution in [1.82, 2.24) is 0 Å². The summed E-state index contributed by atoms with van der Waals surface area (Å²) in [6, 6.07) is 3.34. The van der Waals surface area contributed by atoms with E-state index in [0.29, 0.717) is 0 Å². The van der Waals surface area contributed by atoms with Gasteiger partial charge in [0.1, 0.15) is 17.3 Å². The van der Waals surface area contributed by atoms with Crippen LogP contribution in [0.5, 0.6) is 0 Å². The van der Waals surface area contributed by atoms with Crippen molar-refractivity contribution in [3.8, 4) is 12.1 Å². The summed E-state index contributed by atoms with van der Waals surface area (Å²) in [5.74, 6) is -1.22. The first kappa shape index (κ1) is 10.6. The molecular formula is C8H10N2O2. The van der Waals surface area contributed by atoms with Gasteiger partial charge in [0.05, 0.1) is 12.1 Å². The molecule has 0 fully saturated rings. The Bertz CT molecular complexity index is 257. The maximum absolute atomic E-state index is 10.7. The molecule has 0 bridgehead atoms. The molecule has 0 saturated heterocycles. The zero-order chi connectivity index (χ0) is 9.78. The molecule has 0 aliphatic carbocycles. The summed E-state index contributed by atoms with van der Waals surface area (Å²) in [4.78, 5) is 10.7. The smallest absolute Gasteiger partial charge is 0.150 e. The normalized spacial score (nSPS) is 16.8. The van der Waals surface area contributed by atoms with Gasteiger partial charge >= 0.3 is 0 Å². The molecule has 0 aromatic heterocycles. The molecule has 4 heteroatoms. The molecule has 0 rings (SSSR count). The lowest BCUT2D eigenvalue weighted by molar-refractivity contribution is -0.120. The fourth-order valence-electron chi connectivity index (χ4n) is 0.723. The standard InChI is InChI=1S/C8H10N2O2/c1-6(11)7(4-9)3-8(2,12)5-10/h7,12H,3H2,1-2H3. The summed E-state index contributed by atoms with van der Waals surface area (Å²) < 4.78 is 0. The van der Waals surface area contributed by atoms with Gasteiger partial charge in [0.25, 0.3) is 0 Å². The molecule has 2 unspecified atom stereocenters. The number of hydrogen-bond donors (Lipinski definition) is 1. The number of ketones is 1. The molecule has 12 heavy (non-hydrogen) atoms. The van der Waals surface area contributed by atoms with Gasteiger partial charge in [-0.15, -0.1) is 0 Å². The highest BCUT2D eigenvalue weighted by atomic mass is 16.3. The maximum atomic E-state index is 10.7. The van der Waals surface area contributed by atoms with Crippen molar-refractivity contribution in [3.05, 3.63) is 0 Å². The third kappa shape index (κ3) is 3.14. The van der Waals surface area contributed by atoms with Gasteiger partial charge in [0, 0.05) is 6.42 Å². The minimum absolute atomic E-state index is 0.130. The van der Waals surface area contributed by atoms with E-state index in [1.54, 1.807) is 12.1 Å². The number of aliphatic hydroxyl groups is 1. The number of nitriles is 2. The van der Waals surface area contributed by atoms with Crippen LogP contribution >= 0.6 is 0 Å². The van der Waals surface area contributed by atoms with Gasteiger partial charge in [-0.1, -0.05) is 0 Å². The largest absolute Gasteiger partial charge is 0.376 e. The highest BCUT2D eigenvalue weighted by Gasteiger charge is 2.27. The van der Waals surface area contributed by atoms with Crippen LogP contribution in [0, 0.1) is 28.6 Å². The monoisotopic (exact) mass is 166 g/mol. The lowest BCUT2D eigenvalue weighted by atomic mass is 9.92. The average molecular weight is 166 g/mol. The first-order valence-electron chi connectivity index (χ1n) is 3.46. The zero-order valence-corrected chi connectivity index (χ0v) is 7.03. The van der Waals surface area contributed by atoms with Crippen molar-refractivity contribution in [2.45, 2.75) is 25.9 Å². The van der Waals surface area contributed by atoms with Gasteiger partial charge < -0.3 is 5.11 Å². The molecule has 0 aliphatic rings. The van der Waals surface area contributed by atoms with Crippen molar-refractivity contribution < 1.29 is 9.90 Å². The molecule has 0 saturated carbocycles. The molecule has 0 radical (unpaired) electrons. The average Bonchev–Trinajstić information content (AvgIpc) is 2.00. The van der Waals surface area contributed by atoms with E-state index in [-0.39, 0.29) is 12.2 Å². The highest BCUT2D eigenvalue weighted by Crippen LogP contribution is 2.15. The van der Waals surface area contributed by atoms with E-state index in [2.05, 4.69) is 0 Å². The van der Waals surface area contributed by atoms with E-state index in [0.717, 1.165) is 0 Å². The van der Waals surface area contributed by atoms with Gasteiger partial charge in [-0.3, -0.25) is 4.79 Å². The molecule has 64 valence electrons. The summed E-state index contributed by atoms with van der Waals surface area (Å²) >= 11 is 0. The second-order valence-electron chi connectivity index (χ2n) is 2.88. The van der Waals surface area contributed by atoms with Crippen LogP contribution in [0.1, 0.15) is 20.3 Å². The van der Waals surface area contributed by atoms with E-state index >= 15 is 0 Å². The first-order chi connectivity index (χ1) is 5.43. The predicted molar refractivity (Wildman–Crippen MR) is 40.6 cm³/mol. The second kappa shape index (κ2) is 3.85. The summed E-state index contributed by atoms with van der Waals surface area (Å²) in [6.45, 7) is 2.54. The Balaban J connectivity index is 4.36. The van der Waals surface area contributed by atoms with Gasteiger partial charge in [-0.05, 0) is 13.8 Å². The first-order valence-corrected chi connectivity index (χ1v) is 3.46. The molecule has 4 nitrogen and oxygen atoms in total. The third-order valence-corrected chi connectivity index (χ3v) is 1.49. The zero-order valence-electron chi connectivity index (χ0n) is 7.03. The highest BCUT2D eigenvalue weighted by molar-refractivity contribution is 5.80. The molecule has 0 aliphatic heterocycles. The maximum Gasteiger partial charge on any atom is 0.150 e. The van der Waals surface area contributed by atoms with Crippen LogP contribution in [0.15, 0.2) is 0 Å². The van der Waals surface area contributed by atoms with Crippen molar-refractivity contribution in [2.75, 3.05) is 0 Å². The summed E-state index contributed by atoms with van der Waals surface area (Å²) in [7, 11) is 0. The number of rotatable bonds is 3. The summed E-state index contributed by atoms with van der Waals surface area (Å²) in [5.41, 5.74) is -1.59. The molecule has 2 atom stereocenters. The van der Waals surface area contributed by atoms with E-state index in [4.69, 9.17) is 10.5 Å². The number of hydrogen-bond acceptors (Lipinski definition) is 4. The van der Waals surface area contributed by atoms with Gasteiger partial charge in [0.15, 0.2) is 0 Å². The van der Waals surface area contributed by atoms with E-state index in [9.17, 15) is 9.90 Å². The molecular weight excluding hydrogens is 156 g/mol. The van der Waals surface area contributed by atoms with Crippen LogP contribution in [-0.2, 0) is 4.79 Å². The topological polar surface area (TPSA) is 84.9 Å². The van der Waals surface area contributed by atoms with E-state index in [1.165, 1.54) is 13.8 Å². The Labute approximate surface area is 71.0 Å². The molecule has 1 N–H and O–H groups in total. The van der Waals surface area contributed by atoms with Crippen LogP contribution < -0.4 is 0 Å². The van der Waals surface area contributed by atoms with Crippen LogP contribution in [0.25, 0.3) is 0 Å². The van der Waals surface area contributed by atoms with Crippen LogP contribution in [-0.4, -0.2) is 16.5 Å².